The highest BCUT2D eigenvalue weighted by molar-refractivity contribution is 5.47. The van der Waals surface area contributed by atoms with Gasteiger partial charge in [-0.1, -0.05) is 63.0 Å². The molecule has 1 aliphatic carbocycles. The highest BCUT2D eigenvalue weighted by Crippen LogP contribution is 2.47. The minimum atomic E-state index is 0.464. The summed E-state index contributed by atoms with van der Waals surface area (Å²) in [5, 5.41) is 0. The Morgan fingerprint density at radius 1 is 1.17 bits per heavy atom. The van der Waals surface area contributed by atoms with Crippen LogP contribution in [0.5, 0.6) is 5.75 Å². The van der Waals surface area contributed by atoms with E-state index in [0.717, 1.165) is 17.9 Å². The lowest BCUT2D eigenvalue weighted by molar-refractivity contribution is 0.281. The summed E-state index contributed by atoms with van der Waals surface area (Å²) in [6, 6.07) is 6.87. The van der Waals surface area contributed by atoms with Gasteiger partial charge in [-0.3, -0.25) is 0 Å². The molecule has 0 bridgehead atoms. The Morgan fingerprint density at radius 3 is 2.83 bits per heavy atom. The van der Waals surface area contributed by atoms with Gasteiger partial charge in [0.2, 0.25) is 0 Å². The molecule has 1 nitrogen and oxygen atoms in total. The number of ether oxygens (including phenoxy) is 1. The molecule has 0 radical (unpaired) electrons. The lowest BCUT2D eigenvalue weighted by Gasteiger charge is -2.36. The first kappa shape index (κ1) is 16.4. The molecule has 1 aliphatic heterocycles. The van der Waals surface area contributed by atoms with Crippen molar-refractivity contribution >= 4 is 0 Å². The Kier molecular flexibility index (Phi) is 5.25. The van der Waals surface area contributed by atoms with Crippen molar-refractivity contribution < 1.29 is 4.74 Å². The topological polar surface area (TPSA) is 9.23 Å². The molecule has 0 saturated carbocycles. The van der Waals surface area contributed by atoms with E-state index in [9.17, 15) is 0 Å². The maximum absolute atomic E-state index is 6.10. The lowest BCUT2D eigenvalue weighted by Crippen LogP contribution is -2.25. The summed E-state index contributed by atoms with van der Waals surface area (Å²) in [5.74, 6) is 2.95. The van der Waals surface area contributed by atoms with Gasteiger partial charge in [0, 0.05) is 17.4 Å². The van der Waals surface area contributed by atoms with Gasteiger partial charge in [-0.2, -0.15) is 0 Å². The van der Waals surface area contributed by atoms with Crippen molar-refractivity contribution in [3.63, 3.8) is 0 Å². The van der Waals surface area contributed by atoms with Crippen LogP contribution in [-0.2, 0) is 6.42 Å². The predicted molar refractivity (Wildman–Crippen MR) is 97.9 cm³/mol. The fraction of sp³-hybridized carbons (Fsp3) is 0.545. The number of benzene rings is 1. The van der Waals surface area contributed by atoms with Crippen LogP contribution in [0.1, 0.15) is 75.8 Å². The minimum Gasteiger partial charge on any atom is -0.462 e. The normalized spacial score (nSPS) is 22.9. The molecule has 0 N–H and O–H groups in total. The maximum atomic E-state index is 6.10. The van der Waals surface area contributed by atoms with Crippen LogP contribution in [-0.4, -0.2) is 0 Å². The van der Waals surface area contributed by atoms with E-state index >= 15 is 0 Å². The van der Waals surface area contributed by atoms with Crippen LogP contribution in [0.15, 0.2) is 42.2 Å². The third-order valence-corrected chi connectivity index (χ3v) is 5.41. The monoisotopic (exact) mass is 310 g/mol. The zero-order valence-corrected chi connectivity index (χ0v) is 14.7. The summed E-state index contributed by atoms with van der Waals surface area (Å²) in [6.45, 7) is 8.71. The molecule has 1 heterocycles. The Bertz CT molecular complexity index is 596. The Balaban J connectivity index is 1.72. The standard InChI is InChI=1S/C22H30O/c1-4-5-6-7-8-9-18-11-13-20-21-14-16(2)10-12-19(21)17(3)23-22(20)15-18/h11,13-15,19,21H,3-10,12H2,1-2H3. The van der Waals surface area contributed by atoms with Crippen molar-refractivity contribution in [1.82, 2.24) is 0 Å². The number of allylic oxidation sites excluding steroid dienone is 3. The second kappa shape index (κ2) is 7.38. The summed E-state index contributed by atoms with van der Waals surface area (Å²) >= 11 is 0. The van der Waals surface area contributed by atoms with E-state index in [1.807, 2.05) is 0 Å². The highest BCUT2D eigenvalue weighted by Gasteiger charge is 2.34. The average Bonchev–Trinajstić information content (AvgIpc) is 2.54. The first-order chi connectivity index (χ1) is 11.2. The van der Waals surface area contributed by atoms with Crippen LogP contribution in [0.2, 0.25) is 0 Å². The Hall–Kier alpha value is -1.50. The van der Waals surface area contributed by atoms with Crippen molar-refractivity contribution in [2.24, 2.45) is 5.92 Å². The molecule has 0 saturated heterocycles. The van der Waals surface area contributed by atoms with Crippen molar-refractivity contribution in [2.75, 3.05) is 0 Å². The molecule has 23 heavy (non-hydrogen) atoms. The Labute approximate surface area is 141 Å². The van der Waals surface area contributed by atoms with E-state index in [0.29, 0.717) is 11.8 Å². The molecule has 1 aromatic rings. The van der Waals surface area contributed by atoms with Gasteiger partial charge >= 0.3 is 0 Å². The van der Waals surface area contributed by atoms with Gasteiger partial charge < -0.3 is 4.74 Å². The second-order valence-corrected chi connectivity index (χ2v) is 7.29. The van der Waals surface area contributed by atoms with Crippen molar-refractivity contribution in [1.29, 1.82) is 0 Å². The van der Waals surface area contributed by atoms with Crippen molar-refractivity contribution in [3.05, 3.63) is 53.3 Å². The molecule has 2 atom stereocenters. The number of aryl methyl sites for hydroxylation is 1. The molecule has 0 aromatic heterocycles. The van der Waals surface area contributed by atoms with Gasteiger partial charge in [0.1, 0.15) is 11.5 Å². The van der Waals surface area contributed by atoms with E-state index in [2.05, 4.69) is 44.7 Å². The third kappa shape index (κ3) is 3.71. The van der Waals surface area contributed by atoms with Crippen molar-refractivity contribution in [3.8, 4) is 5.75 Å². The summed E-state index contributed by atoms with van der Waals surface area (Å²) in [5.41, 5.74) is 4.27. The predicted octanol–water partition coefficient (Wildman–Crippen LogP) is 6.55. The molecule has 0 spiro atoms. The molecule has 0 fully saturated rings. The van der Waals surface area contributed by atoms with Crippen LogP contribution < -0.4 is 4.74 Å². The van der Waals surface area contributed by atoms with Crippen LogP contribution in [0.3, 0.4) is 0 Å². The molecule has 1 aromatic carbocycles. The van der Waals surface area contributed by atoms with Gasteiger partial charge in [0.25, 0.3) is 0 Å². The number of hydrogen-bond donors (Lipinski definition) is 0. The van der Waals surface area contributed by atoms with Gasteiger partial charge in [-0.15, -0.1) is 0 Å². The van der Waals surface area contributed by atoms with E-state index in [1.54, 1.807) is 0 Å². The number of rotatable bonds is 6. The number of hydrogen-bond acceptors (Lipinski definition) is 1. The highest BCUT2D eigenvalue weighted by atomic mass is 16.5. The Morgan fingerprint density at radius 2 is 2.00 bits per heavy atom. The molecule has 1 heteroatoms. The van der Waals surface area contributed by atoms with Crippen LogP contribution in [0, 0.1) is 5.92 Å². The summed E-state index contributed by atoms with van der Waals surface area (Å²) < 4.78 is 6.10. The van der Waals surface area contributed by atoms with E-state index in [4.69, 9.17) is 4.74 Å². The summed E-state index contributed by atoms with van der Waals surface area (Å²) in [4.78, 5) is 0. The van der Waals surface area contributed by atoms with Crippen LogP contribution in [0.4, 0.5) is 0 Å². The summed E-state index contributed by atoms with van der Waals surface area (Å²) in [6.07, 6.45) is 12.6. The quantitative estimate of drug-likeness (QED) is 0.428. The van der Waals surface area contributed by atoms with Crippen molar-refractivity contribution in [2.45, 2.75) is 71.1 Å². The molecule has 2 aliphatic rings. The molecule has 3 rings (SSSR count). The summed E-state index contributed by atoms with van der Waals surface area (Å²) in [7, 11) is 0. The van der Waals surface area contributed by atoms with E-state index in [-0.39, 0.29) is 0 Å². The van der Waals surface area contributed by atoms with E-state index < -0.39 is 0 Å². The molecular formula is C22H30O. The third-order valence-electron chi connectivity index (χ3n) is 5.41. The fourth-order valence-corrected chi connectivity index (χ4v) is 3.98. The zero-order valence-electron chi connectivity index (χ0n) is 14.7. The molecule has 0 amide bonds. The first-order valence-electron chi connectivity index (χ1n) is 9.35. The minimum absolute atomic E-state index is 0.464. The van der Waals surface area contributed by atoms with Crippen LogP contribution >= 0.6 is 0 Å². The van der Waals surface area contributed by atoms with Gasteiger partial charge in [-0.25, -0.2) is 0 Å². The largest absolute Gasteiger partial charge is 0.462 e. The fourth-order valence-electron chi connectivity index (χ4n) is 3.98. The molecule has 124 valence electrons. The first-order valence-corrected chi connectivity index (χ1v) is 9.35. The second-order valence-electron chi connectivity index (χ2n) is 7.29. The van der Waals surface area contributed by atoms with E-state index in [1.165, 1.54) is 61.6 Å². The van der Waals surface area contributed by atoms with Gasteiger partial charge in [0.05, 0.1) is 0 Å². The smallest absolute Gasteiger partial charge is 0.131 e. The van der Waals surface area contributed by atoms with Crippen LogP contribution in [0.25, 0.3) is 0 Å². The number of unbranched alkanes of at least 4 members (excludes halogenated alkanes) is 4. The zero-order chi connectivity index (χ0) is 16.2. The lowest BCUT2D eigenvalue weighted by atomic mass is 9.74. The molecule has 2 unspecified atom stereocenters. The van der Waals surface area contributed by atoms with Gasteiger partial charge in [0.15, 0.2) is 0 Å². The molecular weight excluding hydrogens is 280 g/mol. The van der Waals surface area contributed by atoms with Gasteiger partial charge in [-0.05, 0) is 44.2 Å². The number of fused-ring (bicyclic) bond motifs is 3. The average molecular weight is 310 g/mol. The SMILES string of the molecule is C=C1Oc2cc(CCCCCCC)ccc2C2C=C(C)CCC12. The maximum Gasteiger partial charge on any atom is 0.131 e.